The number of methoxy groups -OCH3 is 1. The zero-order valence-corrected chi connectivity index (χ0v) is 13.3. The number of benzene rings is 1. The molecule has 1 aromatic carbocycles. The molecule has 21 heavy (non-hydrogen) atoms. The highest BCUT2D eigenvalue weighted by molar-refractivity contribution is 5.89. The van der Waals surface area contributed by atoms with E-state index in [0.29, 0.717) is 12.2 Å². The molecule has 0 bridgehead atoms. The Morgan fingerprint density at radius 2 is 1.67 bits per heavy atom. The molecule has 0 atom stereocenters. The van der Waals surface area contributed by atoms with Gasteiger partial charge >= 0.3 is 11.9 Å². The molecular formula is C17H24O4. The summed E-state index contributed by atoms with van der Waals surface area (Å²) < 4.78 is 9.86. The lowest BCUT2D eigenvalue weighted by Gasteiger charge is -2.16. The van der Waals surface area contributed by atoms with E-state index in [-0.39, 0.29) is 11.9 Å². The Kier molecular flexibility index (Phi) is 6.40. The number of carbonyl (C=O) groups excluding carboxylic acids is 2. The fourth-order valence-electron chi connectivity index (χ4n) is 1.74. The standard InChI is InChI=1S/C17H24O4/c1-17(2,3)16(19)21-12-6-5-7-13-8-10-14(11-9-13)15(18)20-4/h8-11H,5-7,12H2,1-4H3. The molecule has 0 aliphatic rings. The molecule has 0 aliphatic carbocycles. The molecule has 0 radical (unpaired) electrons. The van der Waals surface area contributed by atoms with Crippen molar-refractivity contribution in [2.45, 2.75) is 40.0 Å². The summed E-state index contributed by atoms with van der Waals surface area (Å²) in [7, 11) is 1.37. The molecule has 1 aromatic rings. The highest BCUT2D eigenvalue weighted by atomic mass is 16.5. The highest BCUT2D eigenvalue weighted by Gasteiger charge is 2.22. The molecule has 4 nitrogen and oxygen atoms in total. The Morgan fingerprint density at radius 1 is 1.05 bits per heavy atom. The van der Waals surface area contributed by atoms with Gasteiger partial charge in [0.1, 0.15) is 0 Å². The number of aryl methyl sites for hydroxylation is 1. The van der Waals surface area contributed by atoms with Gasteiger partial charge in [0.05, 0.1) is 24.7 Å². The molecule has 0 unspecified atom stereocenters. The number of unbranched alkanes of at least 4 members (excludes halogenated alkanes) is 1. The number of carbonyl (C=O) groups is 2. The third-order valence-corrected chi connectivity index (χ3v) is 3.08. The van der Waals surface area contributed by atoms with Gasteiger partial charge in [-0.3, -0.25) is 4.79 Å². The normalized spacial score (nSPS) is 11.0. The van der Waals surface area contributed by atoms with E-state index in [1.165, 1.54) is 7.11 Å². The molecule has 0 N–H and O–H groups in total. The summed E-state index contributed by atoms with van der Waals surface area (Å²) >= 11 is 0. The van der Waals surface area contributed by atoms with E-state index in [1.807, 2.05) is 32.9 Å². The van der Waals surface area contributed by atoms with Crippen LogP contribution in [0.15, 0.2) is 24.3 Å². The zero-order valence-electron chi connectivity index (χ0n) is 13.3. The maximum Gasteiger partial charge on any atom is 0.337 e. The van der Waals surface area contributed by atoms with Gasteiger partial charge in [-0.2, -0.15) is 0 Å². The number of rotatable bonds is 6. The van der Waals surface area contributed by atoms with Crippen LogP contribution in [0.5, 0.6) is 0 Å². The van der Waals surface area contributed by atoms with E-state index in [1.54, 1.807) is 12.1 Å². The van der Waals surface area contributed by atoms with Gasteiger partial charge < -0.3 is 9.47 Å². The topological polar surface area (TPSA) is 52.6 Å². The van der Waals surface area contributed by atoms with Crippen molar-refractivity contribution in [3.63, 3.8) is 0 Å². The third kappa shape index (κ3) is 5.98. The summed E-state index contributed by atoms with van der Waals surface area (Å²) in [4.78, 5) is 22.9. The van der Waals surface area contributed by atoms with Crippen molar-refractivity contribution in [3.8, 4) is 0 Å². The first kappa shape index (κ1) is 17.2. The van der Waals surface area contributed by atoms with Crippen LogP contribution in [0.4, 0.5) is 0 Å². The summed E-state index contributed by atoms with van der Waals surface area (Å²) in [5.41, 5.74) is 1.27. The lowest BCUT2D eigenvalue weighted by molar-refractivity contribution is -0.153. The quantitative estimate of drug-likeness (QED) is 0.596. The second-order valence-corrected chi connectivity index (χ2v) is 6.03. The maximum absolute atomic E-state index is 11.6. The molecule has 0 amide bonds. The molecular weight excluding hydrogens is 268 g/mol. The Hall–Kier alpha value is -1.84. The molecule has 0 saturated carbocycles. The van der Waals surface area contributed by atoms with Gasteiger partial charge in [0.15, 0.2) is 0 Å². The van der Waals surface area contributed by atoms with Crippen LogP contribution in [0.2, 0.25) is 0 Å². The van der Waals surface area contributed by atoms with Gasteiger partial charge in [-0.1, -0.05) is 12.1 Å². The zero-order chi connectivity index (χ0) is 15.9. The molecule has 1 rings (SSSR count). The van der Waals surface area contributed by atoms with Crippen LogP contribution in [-0.2, 0) is 20.7 Å². The van der Waals surface area contributed by atoms with Gasteiger partial charge in [0.25, 0.3) is 0 Å². The predicted molar refractivity (Wildman–Crippen MR) is 81.1 cm³/mol. The van der Waals surface area contributed by atoms with E-state index in [2.05, 4.69) is 4.74 Å². The smallest absolute Gasteiger partial charge is 0.337 e. The van der Waals surface area contributed by atoms with E-state index in [9.17, 15) is 9.59 Å². The molecule has 0 aromatic heterocycles. The summed E-state index contributed by atoms with van der Waals surface area (Å²) in [6, 6.07) is 7.38. The Balaban J connectivity index is 2.27. The van der Waals surface area contributed by atoms with Crippen LogP contribution in [0.25, 0.3) is 0 Å². The fourth-order valence-corrected chi connectivity index (χ4v) is 1.74. The summed E-state index contributed by atoms with van der Waals surface area (Å²) in [5, 5.41) is 0. The minimum Gasteiger partial charge on any atom is -0.465 e. The molecule has 0 saturated heterocycles. The molecule has 116 valence electrons. The SMILES string of the molecule is COC(=O)c1ccc(CCCCOC(=O)C(C)(C)C)cc1. The van der Waals surface area contributed by atoms with Crippen molar-refractivity contribution in [2.75, 3.05) is 13.7 Å². The average molecular weight is 292 g/mol. The van der Waals surface area contributed by atoms with Gasteiger partial charge in [-0.05, 0) is 57.7 Å². The monoisotopic (exact) mass is 292 g/mol. The molecule has 4 heteroatoms. The first-order valence-corrected chi connectivity index (χ1v) is 7.19. The van der Waals surface area contributed by atoms with Crippen LogP contribution in [0.1, 0.15) is 49.5 Å². The lowest BCUT2D eigenvalue weighted by atomic mass is 9.97. The first-order chi connectivity index (χ1) is 9.84. The van der Waals surface area contributed by atoms with Crippen LogP contribution >= 0.6 is 0 Å². The second kappa shape index (κ2) is 7.81. The van der Waals surface area contributed by atoms with Crippen molar-refractivity contribution in [2.24, 2.45) is 5.41 Å². The van der Waals surface area contributed by atoms with E-state index >= 15 is 0 Å². The Labute approximate surface area is 126 Å². The van der Waals surface area contributed by atoms with E-state index in [4.69, 9.17) is 4.74 Å². The molecule has 0 fully saturated rings. The number of esters is 2. The Bertz CT molecular complexity index is 469. The summed E-state index contributed by atoms with van der Waals surface area (Å²) in [6.07, 6.45) is 2.67. The maximum atomic E-state index is 11.6. The van der Waals surface area contributed by atoms with Crippen molar-refractivity contribution < 1.29 is 19.1 Å². The van der Waals surface area contributed by atoms with E-state index in [0.717, 1.165) is 24.8 Å². The lowest BCUT2D eigenvalue weighted by Crippen LogP contribution is -2.23. The minimum atomic E-state index is -0.441. The Morgan fingerprint density at radius 3 is 2.19 bits per heavy atom. The molecule has 0 spiro atoms. The van der Waals surface area contributed by atoms with Crippen molar-refractivity contribution in [3.05, 3.63) is 35.4 Å². The van der Waals surface area contributed by atoms with Crippen LogP contribution in [0, 0.1) is 5.41 Å². The van der Waals surface area contributed by atoms with Gasteiger partial charge in [-0.15, -0.1) is 0 Å². The number of hydrogen-bond acceptors (Lipinski definition) is 4. The third-order valence-electron chi connectivity index (χ3n) is 3.08. The van der Waals surface area contributed by atoms with Crippen molar-refractivity contribution >= 4 is 11.9 Å². The van der Waals surface area contributed by atoms with Crippen molar-refractivity contribution in [1.29, 1.82) is 0 Å². The number of ether oxygens (including phenoxy) is 2. The van der Waals surface area contributed by atoms with Crippen LogP contribution in [-0.4, -0.2) is 25.7 Å². The predicted octanol–water partition coefficient (Wildman–Crippen LogP) is 3.39. The molecule has 0 heterocycles. The summed E-state index contributed by atoms with van der Waals surface area (Å²) in [5.74, 6) is -0.486. The van der Waals surface area contributed by atoms with Gasteiger partial charge in [-0.25, -0.2) is 4.79 Å². The minimum absolute atomic E-state index is 0.162. The van der Waals surface area contributed by atoms with Gasteiger partial charge in [0, 0.05) is 0 Å². The first-order valence-electron chi connectivity index (χ1n) is 7.19. The van der Waals surface area contributed by atoms with E-state index < -0.39 is 5.41 Å². The largest absolute Gasteiger partial charge is 0.465 e. The molecule has 0 aliphatic heterocycles. The number of hydrogen-bond donors (Lipinski definition) is 0. The highest BCUT2D eigenvalue weighted by Crippen LogP contribution is 2.15. The van der Waals surface area contributed by atoms with Gasteiger partial charge in [0.2, 0.25) is 0 Å². The van der Waals surface area contributed by atoms with Crippen molar-refractivity contribution in [1.82, 2.24) is 0 Å². The fraction of sp³-hybridized carbons (Fsp3) is 0.529. The average Bonchev–Trinajstić information content (AvgIpc) is 2.45. The van der Waals surface area contributed by atoms with Crippen LogP contribution < -0.4 is 0 Å². The van der Waals surface area contributed by atoms with Crippen LogP contribution in [0.3, 0.4) is 0 Å². The second-order valence-electron chi connectivity index (χ2n) is 6.03. The summed E-state index contributed by atoms with van der Waals surface area (Å²) in [6.45, 7) is 5.99.